The SMILES string of the molecule is CCC(C)(Cn1nnnc1CC1CCCCC1)C(=O)O. The smallest absolute Gasteiger partial charge is 0.311 e. The van der Waals surface area contributed by atoms with E-state index in [0.717, 1.165) is 12.2 Å². The highest BCUT2D eigenvalue weighted by atomic mass is 16.4. The zero-order valence-corrected chi connectivity index (χ0v) is 12.4. The Balaban J connectivity index is 2.06. The van der Waals surface area contributed by atoms with Gasteiger partial charge in [-0.1, -0.05) is 39.0 Å². The highest BCUT2D eigenvalue weighted by Crippen LogP contribution is 2.28. The molecule has 1 unspecified atom stereocenters. The van der Waals surface area contributed by atoms with E-state index in [-0.39, 0.29) is 0 Å². The molecule has 0 saturated heterocycles. The Labute approximate surface area is 119 Å². The summed E-state index contributed by atoms with van der Waals surface area (Å²) in [5.41, 5.74) is -0.809. The Kier molecular flexibility index (Phi) is 4.73. The number of aromatic nitrogens is 4. The first-order chi connectivity index (χ1) is 9.55. The lowest BCUT2D eigenvalue weighted by atomic mass is 9.86. The van der Waals surface area contributed by atoms with Gasteiger partial charge < -0.3 is 5.11 Å². The van der Waals surface area contributed by atoms with Crippen molar-refractivity contribution in [3.05, 3.63) is 5.82 Å². The van der Waals surface area contributed by atoms with Crippen molar-refractivity contribution >= 4 is 5.97 Å². The summed E-state index contributed by atoms with van der Waals surface area (Å²) in [5.74, 6) is 0.683. The molecular weight excluding hydrogens is 256 g/mol. The molecule has 1 aliphatic carbocycles. The Hall–Kier alpha value is -1.46. The van der Waals surface area contributed by atoms with Crippen molar-refractivity contribution in [2.24, 2.45) is 11.3 Å². The molecule has 0 aromatic carbocycles. The van der Waals surface area contributed by atoms with Gasteiger partial charge in [0.1, 0.15) is 0 Å². The molecule has 1 saturated carbocycles. The van der Waals surface area contributed by atoms with Gasteiger partial charge >= 0.3 is 5.97 Å². The van der Waals surface area contributed by atoms with Crippen LogP contribution >= 0.6 is 0 Å². The van der Waals surface area contributed by atoms with E-state index in [4.69, 9.17) is 0 Å². The molecule has 0 amide bonds. The van der Waals surface area contributed by atoms with Crippen LogP contribution in [0.5, 0.6) is 0 Å². The van der Waals surface area contributed by atoms with Gasteiger partial charge in [0.2, 0.25) is 0 Å². The van der Waals surface area contributed by atoms with Crippen molar-refractivity contribution in [2.45, 2.75) is 65.3 Å². The Bertz CT molecular complexity index is 454. The van der Waals surface area contributed by atoms with Gasteiger partial charge in [0.15, 0.2) is 5.82 Å². The molecule has 1 aromatic heterocycles. The van der Waals surface area contributed by atoms with Gasteiger partial charge in [-0.15, -0.1) is 5.10 Å². The van der Waals surface area contributed by atoms with Crippen molar-refractivity contribution in [2.75, 3.05) is 0 Å². The van der Waals surface area contributed by atoms with Crippen LogP contribution in [0.1, 0.15) is 58.2 Å². The summed E-state index contributed by atoms with van der Waals surface area (Å²) >= 11 is 0. The van der Waals surface area contributed by atoms with Gasteiger partial charge in [-0.2, -0.15) is 0 Å². The Morgan fingerprint density at radius 1 is 1.40 bits per heavy atom. The third-order valence-corrected chi connectivity index (χ3v) is 4.60. The second-order valence-corrected chi connectivity index (χ2v) is 6.18. The maximum absolute atomic E-state index is 11.4. The van der Waals surface area contributed by atoms with Crippen LogP contribution in [0.2, 0.25) is 0 Å². The van der Waals surface area contributed by atoms with Gasteiger partial charge in [-0.25, -0.2) is 4.68 Å². The number of hydrogen-bond acceptors (Lipinski definition) is 4. The van der Waals surface area contributed by atoms with Crippen LogP contribution in [-0.2, 0) is 17.8 Å². The lowest BCUT2D eigenvalue weighted by Gasteiger charge is -2.24. The van der Waals surface area contributed by atoms with E-state index in [2.05, 4.69) is 15.5 Å². The van der Waals surface area contributed by atoms with Crippen LogP contribution in [0.3, 0.4) is 0 Å². The standard InChI is InChI=1S/C14H24N4O2/c1-3-14(2,13(19)20)10-18-12(15-16-17-18)9-11-7-5-4-6-8-11/h11H,3-10H2,1-2H3,(H,19,20). The summed E-state index contributed by atoms with van der Waals surface area (Å²) in [6.07, 6.45) is 7.79. The van der Waals surface area contributed by atoms with Gasteiger partial charge in [0.25, 0.3) is 0 Å². The van der Waals surface area contributed by atoms with Crippen LogP contribution in [-0.4, -0.2) is 31.3 Å². The van der Waals surface area contributed by atoms with Crippen molar-refractivity contribution in [1.29, 1.82) is 0 Å². The monoisotopic (exact) mass is 280 g/mol. The fourth-order valence-electron chi connectivity index (χ4n) is 2.80. The molecule has 1 fully saturated rings. The number of aliphatic carboxylic acids is 1. The summed E-state index contributed by atoms with van der Waals surface area (Å²) in [7, 11) is 0. The Morgan fingerprint density at radius 3 is 2.70 bits per heavy atom. The van der Waals surface area contributed by atoms with Crippen molar-refractivity contribution < 1.29 is 9.90 Å². The first kappa shape index (κ1) is 14.9. The highest BCUT2D eigenvalue weighted by molar-refractivity contribution is 5.73. The minimum atomic E-state index is -0.809. The van der Waals surface area contributed by atoms with E-state index in [1.165, 1.54) is 32.1 Å². The van der Waals surface area contributed by atoms with Crippen LogP contribution in [0.4, 0.5) is 0 Å². The number of carboxylic acids is 1. The minimum absolute atomic E-state index is 0.341. The second-order valence-electron chi connectivity index (χ2n) is 6.18. The minimum Gasteiger partial charge on any atom is -0.481 e. The molecule has 0 aliphatic heterocycles. The Morgan fingerprint density at radius 2 is 2.10 bits per heavy atom. The van der Waals surface area contributed by atoms with Crippen molar-refractivity contribution in [3.63, 3.8) is 0 Å². The second kappa shape index (κ2) is 6.33. The molecule has 0 radical (unpaired) electrons. The van der Waals surface area contributed by atoms with Gasteiger partial charge in [-0.05, 0) is 29.7 Å². The number of tetrazole rings is 1. The molecule has 1 atom stereocenters. The summed E-state index contributed by atoms with van der Waals surface area (Å²) in [6, 6.07) is 0. The summed E-state index contributed by atoms with van der Waals surface area (Å²) < 4.78 is 1.69. The third-order valence-electron chi connectivity index (χ3n) is 4.60. The average Bonchev–Trinajstić information content (AvgIpc) is 2.86. The highest BCUT2D eigenvalue weighted by Gasteiger charge is 2.33. The topological polar surface area (TPSA) is 80.9 Å². The summed E-state index contributed by atoms with van der Waals surface area (Å²) in [5, 5.41) is 21.2. The number of carboxylic acid groups (broad SMARTS) is 1. The van der Waals surface area contributed by atoms with Crippen LogP contribution < -0.4 is 0 Å². The first-order valence-corrected chi connectivity index (χ1v) is 7.53. The first-order valence-electron chi connectivity index (χ1n) is 7.53. The number of hydrogen-bond donors (Lipinski definition) is 1. The van der Waals surface area contributed by atoms with Crippen LogP contribution in [0.25, 0.3) is 0 Å². The zero-order chi connectivity index (χ0) is 14.6. The van der Waals surface area contributed by atoms with Crippen LogP contribution in [0, 0.1) is 11.3 Å². The molecule has 20 heavy (non-hydrogen) atoms. The fraction of sp³-hybridized carbons (Fsp3) is 0.857. The van der Waals surface area contributed by atoms with Crippen molar-refractivity contribution in [1.82, 2.24) is 20.2 Å². The summed E-state index contributed by atoms with van der Waals surface area (Å²) in [4.78, 5) is 11.4. The largest absolute Gasteiger partial charge is 0.481 e. The van der Waals surface area contributed by atoms with E-state index in [9.17, 15) is 9.90 Å². The molecule has 1 heterocycles. The number of rotatable bonds is 6. The lowest BCUT2D eigenvalue weighted by Crippen LogP contribution is -2.33. The fourth-order valence-corrected chi connectivity index (χ4v) is 2.80. The molecule has 6 heteroatoms. The van der Waals surface area contributed by atoms with Crippen molar-refractivity contribution in [3.8, 4) is 0 Å². The number of carbonyl (C=O) groups is 1. The predicted octanol–water partition coefficient (Wildman–Crippen LogP) is 2.30. The average molecular weight is 280 g/mol. The zero-order valence-electron chi connectivity index (χ0n) is 12.4. The molecular formula is C14H24N4O2. The summed E-state index contributed by atoms with van der Waals surface area (Å²) in [6.45, 7) is 3.98. The molecule has 2 rings (SSSR count). The molecule has 0 spiro atoms. The van der Waals surface area contributed by atoms with E-state index in [1.54, 1.807) is 11.6 Å². The molecule has 1 N–H and O–H groups in total. The quantitative estimate of drug-likeness (QED) is 0.864. The van der Waals surface area contributed by atoms with E-state index in [0.29, 0.717) is 18.9 Å². The molecule has 6 nitrogen and oxygen atoms in total. The van der Waals surface area contributed by atoms with E-state index >= 15 is 0 Å². The lowest BCUT2D eigenvalue weighted by molar-refractivity contribution is -0.149. The normalized spacial score (nSPS) is 19.7. The molecule has 1 aliphatic rings. The van der Waals surface area contributed by atoms with E-state index < -0.39 is 11.4 Å². The molecule has 0 bridgehead atoms. The predicted molar refractivity (Wildman–Crippen MR) is 74.1 cm³/mol. The van der Waals surface area contributed by atoms with E-state index in [1.807, 2.05) is 6.92 Å². The van der Waals surface area contributed by atoms with Gasteiger partial charge in [-0.3, -0.25) is 4.79 Å². The maximum atomic E-state index is 11.4. The number of nitrogens with zero attached hydrogens (tertiary/aromatic N) is 4. The maximum Gasteiger partial charge on any atom is 0.311 e. The third kappa shape index (κ3) is 3.35. The molecule has 1 aromatic rings. The van der Waals surface area contributed by atoms with Crippen LogP contribution in [0.15, 0.2) is 0 Å². The van der Waals surface area contributed by atoms with Gasteiger partial charge in [0, 0.05) is 6.42 Å². The van der Waals surface area contributed by atoms with Gasteiger partial charge in [0.05, 0.1) is 12.0 Å². The molecule has 112 valence electrons.